The number of hydrogen-bond donors (Lipinski definition) is 0. The van der Waals surface area contributed by atoms with Crippen molar-refractivity contribution in [1.29, 1.82) is 0 Å². The number of alkyl halides is 30. The first-order valence-electron chi connectivity index (χ1n) is 9.42. The Morgan fingerprint density at radius 2 is 0.356 bits per heavy atom. The Labute approximate surface area is 222 Å². The highest BCUT2D eigenvalue weighted by molar-refractivity contribution is 5.43. The Kier molecular flexibility index (Phi) is 8.25. The minimum absolute atomic E-state index is 10.1. The van der Waals surface area contributed by atoms with E-state index in [0.29, 0.717) is 0 Å². The average molecular weight is 750 g/mol. The summed E-state index contributed by atoms with van der Waals surface area (Å²) in [5.41, 5.74) is -57.0. The van der Waals surface area contributed by atoms with Gasteiger partial charge in [0.05, 0.1) is 0 Å². The van der Waals surface area contributed by atoms with Gasteiger partial charge in [-0.15, -0.1) is 0 Å². The molecule has 1 aliphatic rings. The molecule has 1 unspecified atom stereocenters. The lowest BCUT2D eigenvalue weighted by Gasteiger charge is -2.72. The second kappa shape index (κ2) is 9.07. The van der Waals surface area contributed by atoms with Gasteiger partial charge in [-0.3, -0.25) is 0 Å². The van der Waals surface area contributed by atoms with E-state index in [9.17, 15) is 119 Å². The first kappa shape index (κ1) is 40.9. The molecule has 0 aliphatic heterocycles. The van der Waals surface area contributed by atoms with E-state index in [1.807, 2.05) is 0 Å². The van der Waals surface area contributed by atoms with Crippen LogP contribution in [0.1, 0.15) is 0 Å². The molecule has 270 valence electrons. The van der Waals surface area contributed by atoms with Crippen molar-refractivity contribution in [1.82, 2.24) is 0 Å². The Morgan fingerprint density at radius 3 is 0.489 bits per heavy atom. The van der Waals surface area contributed by atoms with Crippen molar-refractivity contribution in [2.45, 2.75) is 67.2 Å². The molecule has 0 aromatic rings. The van der Waals surface area contributed by atoms with E-state index in [0.717, 1.165) is 0 Å². The SMILES string of the molecule is FC(F)(F)C1(F)C(F)(F)C(C(F)(F)F)(C(F)(F)F)C(C(F)(F)F)(C(F)(F)F)C(C(F)(F)F)(C(F)(F)F)C1(C(F)(F)F)C(F)(F)F. The molecular weight excluding hydrogens is 750 g/mol. The van der Waals surface area contributed by atoms with Crippen molar-refractivity contribution in [2.75, 3.05) is 0 Å². The topological polar surface area (TPSA) is 0 Å². The highest BCUT2D eigenvalue weighted by Crippen LogP contribution is 2.96. The second-order valence-electron chi connectivity index (χ2n) is 8.71. The fourth-order valence-electron chi connectivity index (χ4n) is 5.88. The number of hydrogen-bond acceptors (Lipinski definition) is 0. The van der Waals surface area contributed by atoms with Crippen LogP contribution >= 0.6 is 0 Å². The summed E-state index contributed by atoms with van der Waals surface area (Å²) in [5, 5.41) is 0. The maximum absolute atomic E-state index is 15.4. The zero-order chi connectivity index (χ0) is 37.5. The van der Waals surface area contributed by atoms with Gasteiger partial charge in [0.25, 0.3) is 11.1 Å². The molecule has 1 saturated carbocycles. The van der Waals surface area contributed by atoms with Crippen LogP contribution in [-0.4, -0.2) is 67.2 Å². The maximum atomic E-state index is 15.4. The van der Waals surface area contributed by atoms with E-state index in [2.05, 4.69) is 0 Å². The van der Waals surface area contributed by atoms with E-state index >= 15 is 13.2 Å². The van der Waals surface area contributed by atoms with Crippen molar-refractivity contribution in [3.05, 3.63) is 0 Å². The zero-order valence-electron chi connectivity index (χ0n) is 18.8. The summed E-state index contributed by atoms with van der Waals surface area (Å²) in [6.45, 7) is 0. The number of halogens is 30. The molecule has 1 aliphatic carbocycles. The Balaban J connectivity index is 6.04. The normalized spacial score (nSPS) is 26.5. The minimum Gasteiger partial charge on any atom is -0.226 e. The molecule has 0 nitrogen and oxygen atoms in total. The fourth-order valence-corrected chi connectivity index (χ4v) is 5.88. The predicted octanol–water partition coefficient (Wildman–Crippen LogP) is 10.3. The van der Waals surface area contributed by atoms with Gasteiger partial charge in [-0.1, -0.05) is 0 Å². The van der Waals surface area contributed by atoms with Crippen molar-refractivity contribution >= 4 is 0 Å². The van der Waals surface area contributed by atoms with Crippen molar-refractivity contribution in [2.24, 2.45) is 21.7 Å². The van der Waals surface area contributed by atoms with Gasteiger partial charge >= 0.3 is 61.5 Å². The van der Waals surface area contributed by atoms with Gasteiger partial charge in [-0.05, 0) is 0 Å². The van der Waals surface area contributed by atoms with Crippen molar-refractivity contribution < 1.29 is 132 Å². The molecule has 1 atom stereocenters. The van der Waals surface area contributed by atoms with Gasteiger partial charge in [0.2, 0.25) is 16.2 Å². The second-order valence-corrected chi connectivity index (χ2v) is 8.71. The summed E-state index contributed by atoms with van der Waals surface area (Å²) in [6, 6.07) is 0. The first-order valence-corrected chi connectivity index (χ1v) is 9.42. The van der Waals surface area contributed by atoms with Crippen LogP contribution in [0, 0.1) is 21.7 Å². The molecule has 1 rings (SSSR count). The first-order chi connectivity index (χ1) is 18.8. The lowest BCUT2D eigenvalue weighted by Crippen LogP contribution is -3.00. The highest BCUT2D eigenvalue weighted by Gasteiger charge is 3.22. The van der Waals surface area contributed by atoms with Crippen LogP contribution in [-0.2, 0) is 0 Å². The lowest BCUT2D eigenvalue weighted by atomic mass is 9.30. The van der Waals surface area contributed by atoms with Gasteiger partial charge in [0.1, 0.15) is 0 Å². The third-order valence-corrected chi connectivity index (χ3v) is 6.90. The molecule has 1 fully saturated rings. The molecule has 0 aromatic carbocycles. The summed E-state index contributed by atoms with van der Waals surface area (Å²) in [4.78, 5) is 0. The monoisotopic (exact) mass is 750 g/mol. The molecular formula is C15F30. The molecule has 0 N–H and O–H groups in total. The minimum atomic E-state index is -11.7. The van der Waals surface area contributed by atoms with Gasteiger partial charge in [0, 0.05) is 0 Å². The van der Waals surface area contributed by atoms with Crippen LogP contribution in [0.3, 0.4) is 0 Å². The summed E-state index contributed by atoms with van der Waals surface area (Å²) < 4.78 is 421. The quantitative estimate of drug-likeness (QED) is 0.216. The molecule has 45 heavy (non-hydrogen) atoms. The van der Waals surface area contributed by atoms with Crippen LogP contribution in [0.2, 0.25) is 0 Å². The van der Waals surface area contributed by atoms with E-state index in [1.54, 1.807) is 0 Å². The summed E-state index contributed by atoms with van der Waals surface area (Å²) in [5.74, 6) is -11.0. The molecule has 0 radical (unpaired) electrons. The third-order valence-electron chi connectivity index (χ3n) is 6.90. The Hall–Kier alpha value is -2.10. The van der Waals surface area contributed by atoms with Crippen LogP contribution < -0.4 is 0 Å². The van der Waals surface area contributed by atoms with Gasteiger partial charge in [-0.25, -0.2) is 13.2 Å². The van der Waals surface area contributed by atoms with Crippen molar-refractivity contribution in [3.63, 3.8) is 0 Å². The highest BCUT2D eigenvalue weighted by atomic mass is 19.5. The predicted molar refractivity (Wildman–Crippen MR) is 73.0 cm³/mol. The number of rotatable bonds is 0. The molecule has 0 aromatic heterocycles. The van der Waals surface area contributed by atoms with E-state index in [4.69, 9.17) is 0 Å². The largest absolute Gasteiger partial charge is 0.429 e. The molecule has 30 heteroatoms. The van der Waals surface area contributed by atoms with Gasteiger partial charge in [-0.2, -0.15) is 119 Å². The molecule has 0 amide bonds. The summed E-state index contributed by atoms with van der Waals surface area (Å²) >= 11 is 0. The van der Waals surface area contributed by atoms with E-state index < -0.39 is 88.8 Å². The lowest BCUT2D eigenvalue weighted by molar-refractivity contribution is -0.656. The fraction of sp³-hybridized carbons (Fsp3) is 1.00. The van der Waals surface area contributed by atoms with E-state index in [1.165, 1.54) is 0 Å². The van der Waals surface area contributed by atoms with Gasteiger partial charge in [0.15, 0.2) is 0 Å². The maximum Gasteiger partial charge on any atom is 0.429 e. The average Bonchev–Trinajstić information content (AvgIpc) is 2.59. The van der Waals surface area contributed by atoms with E-state index in [-0.39, 0.29) is 0 Å². The third kappa shape index (κ3) is 3.78. The zero-order valence-corrected chi connectivity index (χ0v) is 18.8. The Bertz CT molecular complexity index is 1060. The molecule has 0 spiro atoms. The molecule has 0 heterocycles. The van der Waals surface area contributed by atoms with Crippen LogP contribution in [0.25, 0.3) is 0 Å². The van der Waals surface area contributed by atoms with Crippen LogP contribution in [0.15, 0.2) is 0 Å². The Morgan fingerprint density at radius 1 is 0.200 bits per heavy atom. The summed E-state index contributed by atoms with van der Waals surface area (Å²) in [6.07, 6.45) is -94.1. The smallest absolute Gasteiger partial charge is 0.226 e. The van der Waals surface area contributed by atoms with Gasteiger partial charge < -0.3 is 0 Å². The van der Waals surface area contributed by atoms with Crippen LogP contribution in [0.5, 0.6) is 0 Å². The summed E-state index contributed by atoms with van der Waals surface area (Å²) in [7, 11) is 0. The standard InChI is InChI=1S/C15F30/c16-5(15(43,44)45)3(11(31,32)33,12(34,35)36)1(7(19,20)21,8(22,23)24)2(9(25,26)27,10(28,29)30)4(6(5,17)18,13(37,38)39)14(40,41)42. The molecule has 0 saturated heterocycles. The molecule has 0 bridgehead atoms. The van der Waals surface area contributed by atoms with Crippen molar-refractivity contribution in [3.8, 4) is 0 Å². The van der Waals surface area contributed by atoms with Crippen LogP contribution in [0.4, 0.5) is 132 Å².